The second-order valence-corrected chi connectivity index (χ2v) is 5.29. The molecular formula is C18H25NO. The van der Waals surface area contributed by atoms with E-state index in [0.717, 1.165) is 25.9 Å². The minimum absolute atomic E-state index is 0.0562. The number of fused-ring (bicyclic) bond motifs is 1. The third-order valence-corrected chi connectivity index (χ3v) is 3.77. The Morgan fingerprint density at radius 2 is 1.80 bits per heavy atom. The lowest BCUT2D eigenvalue weighted by molar-refractivity contribution is 0.0379. The summed E-state index contributed by atoms with van der Waals surface area (Å²) in [7, 11) is 0. The minimum Gasteiger partial charge on any atom is -0.377 e. The Bertz CT molecular complexity index is 526. The van der Waals surface area contributed by atoms with Gasteiger partial charge in [0.15, 0.2) is 0 Å². The minimum atomic E-state index is 0.0562. The Labute approximate surface area is 121 Å². The van der Waals surface area contributed by atoms with E-state index in [1.807, 2.05) is 6.92 Å². The van der Waals surface area contributed by atoms with Gasteiger partial charge in [0.25, 0.3) is 0 Å². The molecule has 2 aromatic carbocycles. The van der Waals surface area contributed by atoms with Gasteiger partial charge in [-0.25, -0.2) is 0 Å². The lowest BCUT2D eigenvalue weighted by Gasteiger charge is -2.24. The average Bonchev–Trinajstić information content (AvgIpc) is 2.47. The molecule has 2 rings (SSSR count). The predicted octanol–water partition coefficient (Wildman–Crippen LogP) is 3.91. The van der Waals surface area contributed by atoms with E-state index in [1.165, 1.54) is 16.3 Å². The van der Waals surface area contributed by atoms with Gasteiger partial charge in [0, 0.05) is 12.6 Å². The van der Waals surface area contributed by atoms with Crippen molar-refractivity contribution in [2.45, 2.75) is 45.3 Å². The fraction of sp³-hybridized carbons (Fsp3) is 0.444. The van der Waals surface area contributed by atoms with E-state index < -0.39 is 0 Å². The summed E-state index contributed by atoms with van der Waals surface area (Å²) in [6.07, 6.45) is 3.16. The van der Waals surface area contributed by atoms with E-state index in [1.54, 1.807) is 0 Å². The van der Waals surface area contributed by atoms with E-state index in [0.29, 0.717) is 0 Å². The Kier molecular flexibility index (Phi) is 5.57. The Balaban J connectivity index is 2.18. The van der Waals surface area contributed by atoms with Gasteiger partial charge in [-0.3, -0.25) is 0 Å². The Morgan fingerprint density at radius 3 is 2.55 bits per heavy atom. The molecular weight excluding hydrogens is 246 g/mol. The van der Waals surface area contributed by atoms with Crippen LogP contribution >= 0.6 is 0 Å². The van der Waals surface area contributed by atoms with Crippen LogP contribution in [0.15, 0.2) is 42.5 Å². The molecule has 0 fully saturated rings. The van der Waals surface area contributed by atoms with Crippen LogP contribution in [0, 0.1) is 0 Å². The standard InChI is InChI=1S/C18H25NO/c1-3-8-18(20-4-2)17(19)13-15-11-7-10-14-9-5-6-12-16(14)15/h5-7,9-12,17-18H,3-4,8,13,19H2,1-2H3. The van der Waals surface area contributed by atoms with Gasteiger partial charge >= 0.3 is 0 Å². The molecule has 2 heteroatoms. The van der Waals surface area contributed by atoms with E-state index in [4.69, 9.17) is 10.5 Å². The molecule has 0 aliphatic carbocycles. The number of nitrogens with two attached hydrogens (primary N) is 1. The first-order valence-corrected chi connectivity index (χ1v) is 7.60. The number of ether oxygens (including phenoxy) is 1. The molecule has 108 valence electrons. The summed E-state index contributed by atoms with van der Waals surface area (Å²) in [5, 5.41) is 2.58. The van der Waals surface area contributed by atoms with Crippen molar-refractivity contribution in [3.05, 3.63) is 48.0 Å². The van der Waals surface area contributed by atoms with Gasteiger partial charge in [-0.1, -0.05) is 55.8 Å². The second kappa shape index (κ2) is 7.41. The maximum atomic E-state index is 6.39. The van der Waals surface area contributed by atoms with Crippen molar-refractivity contribution in [2.75, 3.05) is 6.61 Å². The monoisotopic (exact) mass is 271 g/mol. The molecule has 0 saturated heterocycles. The zero-order chi connectivity index (χ0) is 14.4. The molecule has 0 amide bonds. The van der Waals surface area contributed by atoms with Gasteiger partial charge in [0.1, 0.15) is 0 Å². The Morgan fingerprint density at radius 1 is 1.05 bits per heavy atom. The van der Waals surface area contributed by atoms with Crippen LogP contribution in [0.1, 0.15) is 32.3 Å². The Hall–Kier alpha value is -1.38. The first kappa shape index (κ1) is 15.0. The molecule has 0 saturated carbocycles. The summed E-state index contributed by atoms with van der Waals surface area (Å²) in [5.41, 5.74) is 7.70. The number of hydrogen-bond donors (Lipinski definition) is 1. The van der Waals surface area contributed by atoms with Gasteiger partial charge < -0.3 is 10.5 Å². The maximum absolute atomic E-state index is 6.39. The summed E-state index contributed by atoms with van der Waals surface area (Å²) in [6.45, 7) is 4.94. The average molecular weight is 271 g/mol. The molecule has 0 radical (unpaired) electrons. The lowest BCUT2D eigenvalue weighted by Crippen LogP contribution is -2.38. The van der Waals surface area contributed by atoms with Gasteiger partial charge in [0.05, 0.1) is 6.10 Å². The van der Waals surface area contributed by atoms with Gasteiger partial charge in [-0.15, -0.1) is 0 Å². The van der Waals surface area contributed by atoms with Crippen molar-refractivity contribution < 1.29 is 4.74 Å². The molecule has 0 aromatic heterocycles. The largest absolute Gasteiger partial charge is 0.377 e. The van der Waals surface area contributed by atoms with Crippen molar-refractivity contribution in [2.24, 2.45) is 5.73 Å². The zero-order valence-electron chi connectivity index (χ0n) is 12.5. The highest BCUT2D eigenvalue weighted by molar-refractivity contribution is 5.85. The fourth-order valence-electron chi connectivity index (χ4n) is 2.78. The fourth-order valence-corrected chi connectivity index (χ4v) is 2.78. The molecule has 0 aliphatic rings. The van der Waals surface area contributed by atoms with Crippen molar-refractivity contribution in [3.63, 3.8) is 0 Å². The molecule has 20 heavy (non-hydrogen) atoms. The number of hydrogen-bond acceptors (Lipinski definition) is 2. The molecule has 2 nitrogen and oxygen atoms in total. The van der Waals surface area contributed by atoms with E-state index in [-0.39, 0.29) is 12.1 Å². The third-order valence-electron chi connectivity index (χ3n) is 3.77. The van der Waals surface area contributed by atoms with Crippen LogP contribution in [0.5, 0.6) is 0 Å². The van der Waals surface area contributed by atoms with Crippen LogP contribution < -0.4 is 5.73 Å². The maximum Gasteiger partial charge on any atom is 0.0728 e. The third kappa shape index (κ3) is 3.59. The topological polar surface area (TPSA) is 35.2 Å². The quantitative estimate of drug-likeness (QED) is 0.828. The van der Waals surface area contributed by atoms with Crippen molar-refractivity contribution >= 4 is 10.8 Å². The normalized spacial score (nSPS) is 14.3. The highest BCUT2D eigenvalue weighted by Crippen LogP contribution is 2.21. The van der Waals surface area contributed by atoms with Crippen molar-refractivity contribution in [1.29, 1.82) is 0 Å². The highest BCUT2D eigenvalue weighted by atomic mass is 16.5. The lowest BCUT2D eigenvalue weighted by atomic mass is 9.95. The van der Waals surface area contributed by atoms with Gasteiger partial charge in [-0.2, -0.15) is 0 Å². The van der Waals surface area contributed by atoms with Gasteiger partial charge in [-0.05, 0) is 36.1 Å². The van der Waals surface area contributed by atoms with Gasteiger partial charge in [0.2, 0.25) is 0 Å². The predicted molar refractivity (Wildman–Crippen MR) is 85.9 cm³/mol. The smallest absolute Gasteiger partial charge is 0.0728 e. The van der Waals surface area contributed by atoms with Crippen LogP contribution in [-0.4, -0.2) is 18.8 Å². The second-order valence-electron chi connectivity index (χ2n) is 5.29. The SMILES string of the molecule is CCCC(OCC)C(N)Cc1cccc2ccccc12. The molecule has 0 spiro atoms. The summed E-state index contributed by atoms with van der Waals surface area (Å²) in [5.74, 6) is 0. The van der Waals surface area contributed by atoms with Crippen LogP contribution in [-0.2, 0) is 11.2 Å². The molecule has 0 heterocycles. The molecule has 0 bridgehead atoms. The molecule has 2 atom stereocenters. The van der Waals surface area contributed by atoms with E-state index in [9.17, 15) is 0 Å². The first-order valence-electron chi connectivity index (χ1n) is 7.60. The van der Waals surface area contributed by atoms with Crippen LogP contribution in [0.2, 0.25) is 0 Å². The first-order chi connectivity index (χ1) is 9.76. The number of benzene rings is 2. The molecule has 0 aliphatic heterocycles. The van der Waals surface area contributed by atoms with Crippen molar-refractivity contribution in [1.82, 2.24) is 0 Å². The molecule has 2 unspecified atom stereocenters. The highest BCUT2D eigenvalue weighted by Gasteiger charge is 2.18. The summed E-state index contributed by atoms with van der Waals surface area (Å²) >= 11 is 0. The van der Waals surface area contributed by atoms with E-state index >= 15 is 0 Å². The summed E-state index contributed by atoms with van der Waals surface area (Å²) in [4.78, 5) is 0. The van der Waals surface area contributed by atoms with Crippen LogP contribution in [0.3, 0.4) is 0 Å². The number of rotatable bonds is 7. The molecule has 2 aromatic rings. The van der Waals surface area contributed by atoms with Crippen LogP contribution in [0.4, 0.5) is 0 Å². The van der Waals surface area contributed by atoms with Crippen LogP contribution in [0.25, 0.3) is 10.8 Å². The summed E-state index contributed by atoms with van der Waals surface area (Å²) < 4.78 is 5.80. The molecule has 2 N–H and O–H groups in total. The van der Waals surface area contributed by atoms with E-state index in [2.05, 4.69) is 49.4 Å². The summed E-state index contributed by atoms with van der Waals surface area (Å²) in [6, 6.07) is 15.0. The zero-order valence-corrected chi connectivity index (χ0v) is 12.5. The van der Waals surface area contributed by atoms with Crippen molar-refractivity contribution in [3.8, 4) is 0 Å².